The smallest absolute Gasteiger partial charge is 0.180 e. The minimum Gasteiger partial charge on any atom is -0.508 e. The van der Waals surface area contributed by atoms with Crippen LogP contribution in [0.1, 0.15) is 0 Å². The van der Waals surface area contributed by atoms with Crippen LogP contribution in [0.2, 0.25) is 0 Å². The van der Waals surface area contributed by atoms with E-state index in [1.807, 2.05) is 0 Å². The van der Waals surface area contributed by atoms with Crippen molar-refractivity contribution in [1.29, 1.82) is 0 Å². The lowest BCUT2D eigenvalue weighted by Crippen LogP contribution is -1.98. The number of fused-ring (bicyclic) bond motifs is 1. The summed E-state index contributed by atoms with van der Waals surface area (Å²) in [6.07, 6.45) is 2.54. The van der Waals surface area contributed by atoms with E-state index in [4.69, 9.17) is 4.74 Å². The maximum atomic E-state index is 9.86. The first-order chi connectivity index (χ1) is 10.7. The van der Waals surface area contributed by atoms with E-state index >= 15 is 0 Å². The van der Waals surface area contributed by atoms with Gasteiger partial charge in [-0.05, 0) is 30.3 Å². The molecule has 3 aromatic rings. The largest absolute Gasteiger partial charge is 0.508 e. The number of hydrogen-bond acceptors (Lipinski definition) is 6. The maximum absolute atomic E-state index is 9.86. The molecule has 0 aliphatic rings. The molecule has 0 spiro atoms. The highest BCUT2D eigenvalue weighted by Crippen LogP contribution is 2.26. The molecule has 22 heavy (non-hydrogen) atoms. The Kier molecular flexibility index (Phi) is 3.45. The number of hydrogen-bond donors (Lipinski definition) is 2. The number of aromatic nitrogens is 3. The number of phenols is 2. The van der Waals surface area contributed by atoms with E-state index in [0.29, 0.717) is 22.4 Å². The summed E-state index contributed by atoms with van der Waals surface area (Å²) in [6.45, 7) is 3.41. The molecule has 3 rings (SSSR count). The van der Waals surface area contributed by atoms with Crippen molar-refractivity contribution in [3.8, 4) is 17.2 Å². The standard InChI is InChI=1S/C15H12N4O3/c1-2-22-9-16-10-3-5-12-13(7-10)18-19(17-12)14-6-4-11(20)8-15(14)21/h2-9,20-21H,1H2/b16-9-. The van der Waals surface area contributed by atoms with E-state index in [9.17, 15) is 10.2 Å². The molecule has 7 heteroatoms. The first kappa shape index (κ1) is 13.6. The Labute approximate surface area is 125 Å². The molecule has 0 bridgehead atoms. The summed E-state index contributed by atoms with van der Waals surface area (Å²) in [7, 11) is 0. The van der Waals surface area contributed by atoms with Crippen LogP contribution in [-0.4, -0.2) is 31.6 Å². The molecule has 110 valence electrons. The van der Waals surface area contributed by atoms with Gasteiger partial charge in [-0.25, -0.2) is 4.99 Å². The second kappa shape index (κ2) is 5.57. The highest BCUT2D eigenvalue weighted by atomic mass is 16.5. The molecule has 0 saturated heterocycles. The van der Waals surface area contributed by atoms with Crippen molar-refractivity contribution in [1.82, 2.24) is 15.0 Å². The average Bonchev–Trinajstić information content (AvgIpc) is 2.90. The second-order valence-corrected chi connectivity index (χ2v) is 4.37. The van der Waals surface area contributed by atoms with Crippen molar-refractivity contribution in [2.75, 3.05) is 0 Å². The zero-order valence-corrected chi connectivity index (χ0v) is 11.4. The summed E-state index contributed by atoms with van der Waals surface area (Å²) < 4.78 is 4.83. The van der Waals surface area contributed by atoms with Crippen molar-refractivity contribution in [3.05, 3.63) is 49.2 Å². The first-order valence-corrected chi connectivity index (χ1v) is 6.36. The minimum atomic E-state index is -0.113. The Bertz CT molecular complexity index is 870. The van der Waals surface area contributed by atoms with Crippen LogP contribution in [0.15, 0.2) is 54.2 Å². The Morgan fingerprint density at radius 3 is 2.68 bits per heavy atom. The van der Waals surface area contributed by atoms with Crippen LogP contribution in [0.5, 0.6) is 11.5 Å². The molecule has 0 unspecified atom stereocenters. The van der Waals surface area contributed by atoms with Gasteiger partial charge in [-0.15, -0.1) is 15.0 Å². The number of ether oxygens (including phenoxy) is 1. The van der Waals surface area contributed by atoms with Crippen molar-refractivity contribution < 1.29 is 14.9 Å². The van der Waals surface area contributed by atoms with E-state index in [2.05, 4.69) is 21.8 Å². The SMILES string of the molecule is C=CO/C=N\c1ccc2nn(-c3ccc(O)cc3O)nc2c1. The third-order valence-corrected chi connectivity index (χ3v) is 2.90. The Morgan fingerprint density at radius 1 is 1.09 bits per heavy atom. The van der Waals surface area contributed by atoms with Gasteiger partial charge in [0.2, 0.25) is 0 Å². The van der Waals surface area contributed by atoms with Gasteiger partial charge in [-0.2, -0.15) is 0 Å². The minimum absolute atomic E-state index is 0.0307. The highest BCUT2D eigenvalue weighted by molar-refractivity contribution is 5.78. The van der Waals surface area contributed by atoms with E-state index in [1.54, 1.807) is 18.2 Å². The summed E-state index contributed by atoms with van der Waals surface area (Å²) in [5.74, 6) is -0.144. The summed E-state index contributed by atoms with van der Waals surface area (Å²) >= 11 is 0. The molecule has 0 fully saturated rings. The summed E-state index contributed by atoms with van der Waals surface area (Å²) in [5, 5.41) is 27.7. The van der Waals surface area contributed by atoms with E-state index in [0.717, 1.165) is 0 Å². The van der Waals surface area contributed by atoms with E-state index in [1.165, 1.54) is 35.7 Å². The summed E-state index contributed by atoms with van der Waals surface area (Å²) in [4.78, 5) is 5.38. The Morgan fingerprint density at radius 2 is 1.91 bits per heavy atom. The predicted molar refractivity (Wildman–Crippen MR) is 81.6 cm³/mol. The number of nitrogens with zero attached hydrogens (tertiary/aromatic N) is 4. The van der Waals surface area contributed by atoms with E-state index < -0.39 is 0 Å². The van der Waals surface area contributed by atoms with Gasteiger partial charge in [0.05, 0.1) is 11.9 Å². The molecule has 0 aliphatic heterocycles. The molecule has 0 saturated carbocycles. The fourth-order valence-corrected chi connectivity index (χ4v) is 1.91. The van der Waals surface area contributed by atoms with Gasteiger partial charge in [0.1, 0.15) is 28.2 Å². The zero-order chi connectivity index (χ0) is 15.5. The van der Waals surface area contributed by atoms with Crippen LogP contribution < -0.4 is 0 Å². The number of rotatable bonds is 4. The third kappa shape index (κ3) is 2.59. The van der Waals surface area contributed by atoms with Crippen LogP contribution in [0, 0.1) is 0 Å². The first-order valence-electron chi connectivity index (χ1n) is 6.36. The van der Waals surface area contributed by atoms with Gasteiger partial charge in [0.15, 0.2) is 6.40 Å². The Hall–Kier alpha value is -3.35. The van der Waals surface area contributed by atoms with Crippen LogP contribution in [0.3, 0.4) is 0 Å². The second-order valence-electron chi connectivity index (χ2n) is 4.37. The topological polar surface area (TPSA) is 92.8 Å². The normalized spacial score (nSPS) is 11.1. The lowest BCUT2D eigenvalue weighted by molar-refractivity contribution is 0.446. The van der Waals surface area contributed by atoms with Crippen molar-refractivity contribution in [2.45, 2.75) is 0 Å². The lowest BCUT2D eigenvalue weighted by Gasteiger charge is -2.02. The van der Waals surface area contributed by atoms with Gasteiger partial charge in [-0.3, -0.25) is 0 Å². The van der Waals surface area contributed by atoms with Gasteiger partial charge in [0.25, 0.3) is 0 Å². The van der Waals surface area contributed by atoms with Gasteiger partial charge in [0, 0.05) is 6.07 Å². The van der Waals surface area contributed by atoms with Gasteiger partial charge >= 0.3 is 0 Å². The quantitative estimate of drug-likeness (QED) is 0.438. The van der Waals surface area contributed by atoms with Crippen LogP contribution in [0.25, 0.3) is 16.7 Å². The highest BCUT2D eigenvalue weighted by Gasteiger charge is 2.09. The molecule has 2 aromatic carbocycles. The van der Waals surface area contributed by atoms with Crippen molar-refractivity contribution in [2.24, 2.45) is 4.99 Å². The van der Waals surface area contributed by atoms with Crippen LogP contribution in [0.4, 0.5) is 5.69 Å². The molecule has 0 atom stereocenters. The molecule has 0 amide bonds. The van der Waals surface area contributed by atoms with Gasteiger partial charge < -0.3 is 14.9 Å². The maximum Gasteiger partial charge on any atom is 0.180 e. The van der Waals surface area contributed by atoms with Crippen molar-refractivity contribution >= 4 is 23.1 Å². The molecule has 7 nitrogen and oxygen atoms in total. The molecule has 2 N–H and O–H groups in total. The summed E-state index contributed by atoms with van der Waals surface area (Å²) in [5.41, 5.74) is 2.28. The van der Waals surface area contributed by atoms with Crippen molar-refractivity contribution in [3.63, 3.8) is 0 Å². The molecule has 1 heterocycles. The molecular weight excluding hydrogens is 284 g/mol. The zero-order valence-electron chi connectivity index (χ0n) is 11.4. The molecular formula is C15H12N4O3. The predicted octanol–water partition coefficient (Wildman–Crippen LogP) is 2.65. The number of phenolic OH excluding ortho intramolecular Hbond substituents is 2. The number of aromatic hydroxyl groups is 2. The van der Waals surface area contributed by atoms with Crippen LogP contribution in [-0.2, 0) is 4.74 Å². The molecule has 0 radical (unpaired) electrons. The fourth-order valence-electron chi connectivity index (χ4n) is 1.91. The van der Waals surface area contributed by atoms with Crippen LogP contribution >= 0.6 is 0 Å². The van der Waals surface area contributed by atoms with E-state index in [-0.39, 0.29) is 11.5 Å². The number of benzene rings is 2. The average molecular weight is 296 g/mol. The summed E-state index contributed by atoms with van der Waals surface area (Å²) in [6, 6.07) is 9.47. The monoisotopic (exact) mass is 296 g/mol. The third-order valence-electron chi connectivity index (χ3n) is 2.90. The Balaban J connectivity index is 2.00. The lowest BCUT2D eigenvalue weighted by atomic mass is 10.3. The number of aliphatic imine (C=N–C) groups is 1. The molecule has 1 aromatic heterocycles. The fraction of sp³-hybridized carbons (Fsp3) is 0. The van der Waals surface area contributed by atoms with Gasteiger partial charge in [-0.1, -0.05) is 6.58 Å². The molecule has 0 aliphatic carbocycles.